The molecule has 0 aliphatic carbocycles. The number of hydrogen-bond acceptors (Lipinski definition) is 6. The Balaban J connectivity index is 1.35. The first-order valence-electron chi connectivity index (χ1n) is 10.4. The number of fused-ring (bicyclic) bond motifs is 2. The van der Waals surface area contributed by atoms with Gasteiger partial charge < -0.3 is 9.64 Å². The maximum atomic E-state index is 13.5. The smallest absolute Gasteiger partial charge is 0.293 e. The topological polar surface area (TPSA) is 89.7 Å². The van der Waals surface area contributed by atoms with Gasteiger partial charge in [-0.3, -0.25) is 9.59 Å². The highest BCUT2D eigenvalue weighted by Gasteiger charge is 2.37. The molecule has 2 atom stereocenters. The largest absolute Gasteiger partial charge is 0.489 e. The summed E-state index contributed by atoms with van der Waals surface area (Å²) in [5.74, 6) is 0.0836. The number of aryl methyl sites for hydroxylation is 2. The molecule has 1 aromatic carbocycles. The second-order valence-corrected chi connectivity index (χ2v) is 8.26. The standard InChI is InChI=1S/C22H22FN5O3/c1-12-8-13(2)28-22(24-12)25-20(26-28)21(30)27-7-3-4-14(11-27)19-10-17(29)16-9-15(23)5-6-18(16)31-19/h5-6,8-9,14,19H,3-4,7,10-11H2,1-2H3. The van der Waals surface area contributed by atoms with Crippen LogP contribution < -0.4 is 4.74 Å². The third kappa shape index (κ3) is 3.54. The summed E-state index contributed by atoms with van der Waals surface area (Å²) in [6.45, 7) is 4.81. The SMILES string of the molecule is Cc1cc(C)n2nc(C(=O)N3CCCC(C4CC(=O)c5cc(F)ccc5O4)C3)nc2n1. The number of nitrogens with zero attached hydrogens (tertiary/aromatic N) is 5. The number of hydrogen-bond donors (Lipinski definition) is 0. The van der Waals surface area contributed by atoms with Crippen molar-refractivity contribution in [1.29, 1.82) is 0 Å². The van der Waals surface area contributed by atoms with Crippen LogP contribution in [-0.4, -0.2) is 55.4 Å². The number of amides is 1. The molecule has 1 saturated heterocycles. The fourth-order valence-electron chi connectivity index (χ4n) is 4.48. The molecule has 3 aromatic rings. The van der Waals surface area contributed by atoms with Crippen LogP contribution in [0.3, 0.4) is 0 Å². The maximum Gasteiger partial charge on any atom is 0.293 e. The summed E-state index contributed by atoms with van der Waals surface area (Å²) in [6.07, 6.45) is 1.47. The fraction of sp³-hybridized carbons (Fsp3) is 0.409. The number of aromatic nitrogens is 4. The van der Waals surface area contributed by atoms with Crippen LogP contribution in [0.1, 0.15) is 51.6 Å². The number of carbonyl (C=O) groups is 2. The minimum absolute atomic E-state index is 0.000935. The van der Waals surface area contributed by atoms with Crippen molar-refractivity contribution in [2.45, 2.75) is 39.2 Å². The first-order valence-corrected chi connectivity index (χ1v) is 10.4. The van der Waals surface area contributed by atoms with Gasteiger partial charge in [0.1, 0.15) is 17.7 Å². The van der Waals surface area contributed by atoms with Gasteiger partial charge in [-0.2, -0.15) is 4.98 Å². The molecule has 31 heavy (non-hydrogen) atoms. The van der Waals surface area contributed by atoms with Gasteiger partial charge in [0.25, 0.3) is 11.7 Å². The molecule has 1 amide bonds. The Morgan fingerprint density at radius 3 is 2.90 bits per heavy atom. The monoisotopic (exact) mass is 423 g/mol. The molecule has 2 aromatic heterocycles. The first-order chi connectivity index (χ1) is 14.9. The Morgan fingerprint density at radius 1 is 1.23 bits per heavy atom. The van der Waals surface area contributed by atoms with E-state index in [2.05, 4.69) is 15.1 Å². The molecule has 2 unspecified atom stereocenters. The summed E-state index contributed by atoms with van der Waals surface area (Å²) in [6, 6.07) is 5.89. The summed E-state index contributed by atoms with van der Waals surface area (Å²) < 4.78 is 21.1. The number of halogens is 1. The van der Waals surface area contributed by atoms with E-state index < -0.39 is 5.82 Å². The lowest BCUT2D eigenvalue weighted by molar-refractivity contribution is 0.0402. The first kappa shape index (κ1) is 19.6. The summed E-state index contributed by atoms with van der Waals surface area (Å²) in [7, 11) is 0. The van der Waals surface area contributed by atoms with E-state index in [0.29, 0.717) is 24.6 Å². The Morgan fingerprint density at radius 2 is 2.06 bits per heavy atom. The van der Waals surface area contributed by atoms with E-state index >= 15 is 0 Å². The minimum atomic E-state index is -0.455. The van der Waals surface area contributed by atoms with Gasteiger partial charge >= 0.3 is 0 Å². The highest BCUT2D eigenvalue weighted by molar-refractivity contribution is 6.00. The summed E-state index contributed by atoms with van der Waals surface area (Å²) in [5, 5.41) is 4.35. The molecule has 8 nitrogen and oxygen atoms in total. The summed E-state index contributed by atoms with van der Waals surface area (Å²) in [5.41, 5.74) is 1.95. The van der Waals surface area contributed by atoms with Gasteiger partial charge in [0, 0.05) is 36.8 Å². The number of ether oxygens (including phenoxy) is 1. The molecule has 0 saturated carbocycles. The zero-order chi connectivity index (χ0) is 21.7. The van der Waals surface area contributed by atoms with Crippen molar-refractivity contribution in [1.82, 2.24) is 24.5 Å². The highest BCUT2D eigenvalue weighted by Crippen LogP contribution is 2.34. The van der Waals surface area contributed by atoms with Gasteiger partial charge in [0.05, 0.1) is 5.56 Å². The van der Waals surface area contributed by atoms with Crippen molar-refractivity contribution < 1.29 is 18.7 Å². The minimum Gasteiger partial charge on any atom is -0.489 e. The molecule has 0 radical (unpaired) electrons. The maximum absolute atomic E-state index is 13.5. The van der Waals surface area contributed by atoms with Crippen molar-refractivity contribution in [2.24, 2.45) is 5.92 Å². The van der Waals surface area contributed by atoms with Gasteiger partial charge in [-0.05, 0) is 51.0 Å². The Hall–Kier alpha value is -3.36. The number of rotatable bonds is 2. The predicted molar refractivity (Wildman–Crippen MR) is 109 cm³/mol. The van der Waals surface area contributed by atoms with E-state index in [9.17, 15) is 14.0 Å². The molecular weight excluding hydrogens is 401 g/mol. The number of carbonyl (C=O) groups excluding carboxylic acids is 2. The number of piperidine rings is 1. The zero-order valence-corrected chi connectivity index (χ0v) is 17.3. The van der Waals surface area contributed by atoms with Gasteiger partial charge in [-0.25, -0.2) is 13.9 Å². The molecule has 0 N–H and O–H groups in total. The third-order valence-corrected chi connectivity index (χ3v) is 5.99. The van der Waals surface area contributed by atoms with Crippen LogP contribution in [0.4, 0.5) is 4.39 Å². The fourth-order valence-corrected chi connectivity index (χ4v) is 4.48. The Kier molecular flexibility index (Phi) is 4.68. The molecule has 160 valence electrons. The second kappa shape index (κ2) is 7.40. The normalized spacial score (nSPS) is 21.1. The van der Waals surface area contributed by atoms with Crippen LogP contribution in [0.15, 0.2) is 24.3 Å². The van der Waals surface area contributed by atoms with Crippen molar-refractivity contribution >= 4 is 17.5 Å². The quantitative estimate of drug-likeness (QED) is 0.630. The third-order valence-electron chi connectivity index (χ3n) is 5.99. The molecule has 9 heteroatoms. The lowest BCUT2D eigenvalue weighted by atomic mass is 9.87. The van der Waals surface area contributed by atoms with Gasteiger partial charge in [0.2, 0.25) is 5.82 Å². The van der Waals surface area contributed by atoms with Crippen LogP contribution in [0, 0.1) is 25.6 Å². The molecule has 4 heterocycles. The predicted octanol–water partition coefficient (Wildman–Crippen LogP) is 2.77. The van der Waals surface area contributed by atoms with Crippen molar-refractivity contribution in [3.05, 3.63) is 52.9 Å². The van der Waals surface area contributed by atoms with Gasteiger partial charge in [-0.15, -0.1) is 5.10 Å². The summed E-state index contributed by atoms with van der Waals surface area (Å²) in [4.78, 5) is 36.0. The lowest BCUT2D eigenvalue weighted by Crippen LogP contribution is -2.46. The van der Waals surface area contributed by atoms with Crippen LogP contribution in [0.2, 0.25) is 0 Å². The van der Waals surface area contributed by atoms with E-state index in [-0.39, 0.29) is 41.5 Å². The number of likely N-dealkylation sites (tertiary alicyclic amines) is 1. The van der Waals surface area contributed by atoms with E-state index in [1.54, 1.807) is 9.42 Å². The second-order valence-electron chi connectivity index (χ2n) is 8.26. The average molecular weight is 423 g/mol. The average Bonchev–Trinajstić information content (AvgIpc) is 3.18. The molecule has 5 rings (SSSR count). The van der Waals surface area contributed by atoms with E-state index in [1.165, 1.54) is 18.2 Å². The lowest BCUT2D eigenvalue weighted by Gasteiger charge is -2.38. The molecule has 2 aliphatic heterocycles. The molecule has 0 spiro atoms. The van der Waals surface area contributed by atoms with Crippen LogP contribution >= 0.6 is 0 Å². The van der Waals surface area contributed by atoms with Crippen LogP contribution in [-0.2, 0) is 0 Å². The Labute approximate surface area is 178 Å². The van der Waals surface area contributed by atoms with E-state index in [1.807, 2.05) is 19.9 Å². The molecule has 1 fully saturated rings. The van der Waals surface area contributed by atoms with Gasteiger partial charge in [0.15, 0.2) is 5.78 Å². The highest BCUT2D eigenvalue weighted by atomic mass is 19.1. The number of ketones is 1. The number of benzene rings is 1. The molecule has 2 aliphatic rings. The molecule has 0 bridgehead atoms. The van der Waals surface area contributed by atoms with Crippen molar-refractivity contribution in [3.8, 4) is 5.75 Å². The summed E-state index contributed by atoms with van der Waals surface area (Å²) >= 11 is 0. The zero-order valence-electron chi connectivity index (χ0n) is 17.3. The van der Waals surface area contributed by atoms with Gasteiger partial charge in [-0.1, -0.05) is 0 Å². The Bertz CT molecular complexity index is 1210. The van der Waals surface area contributed by atoms with E-state index in [0.717, 1.165) is 24.2 Å². The van der Waals surface area contributed by atoms with E-state index in [4.69, 9.17) is 4.74 Å². The molecular formula is C22H22FN5O3. The number of Topliss-reactive ketones (excluding diaryl/α,β-unsaturated/α-hetero) is 1. The van der Waals surface area contributed by atoms with Crippen LogP contribution in [0.25, 0.3) is 5.78 Å². The van der Waals surface area contributed by atoms with Crippen molar-refractivity contribution in [2.75, 3.05) is 13.1 Å². The van der Waals surface area contributed by atoms with Crippen molar-refractivity contribution in [3.63, 3.8) is 0 Å². The van der Waals surface area contributed by atoms with Crippen LogP contribution in [0.5, 0.6) is 5.75 Å².